The molecule has 0 spiro atoms. The quantitative estimate of drug-likeness (QED) is 0.208. The van der Waals surface area contributed by atoms with Crippen LogP contribution in [0.2, 0.25) is 0 Å². The summed E-state index contributed by atoms with van der Waals surface area (Å²) in [7, 11) is 0. The molecule has 10 heteroatoms. The van der Waals surface area contributed by atoms with Crippen molar-refractivity contribution in [3.63, 3.8) is 0 Å². The van der Waals surface area contributed by atoms with Crippen LogP contribution in [0.1, 0.15) is 49.4 Å². The number of ether oxygens (including phenoxy) is 2. The summed E-state index contributed by atoms with van der Waals surface area (Å²) in [5, 5.41) is 14.9. The van der Waals surface area contributed by atoms with Crippen LogP contribution in [-0.4, -0.2) is 49.6 Å². The molecule has 2 aromatic heterocycles. The Balaban J connectivity index is 1.40. The predicted octanol–water partition coefficient (Wildman–Crippen LogP) is 8.18. The number of carboxylic acids is 1. The largest absolute Gasteiger partial charge is 0.481 e. The van der Waals surface area contributed by atoms with Crippen molar-refractivity contribution in [3.05, 3.63) is 101 Å². The maximum Gasteiger partial charge on any atom is 0.303 e. The van der Waals surface area contributed by atoms with E-state index in [1.807, 2.05) is 36.5 Å². The SMILES string of the molecule is CC1(C)CSCCc2c(c(F)cc3[nH]ccc23)Oc2ccc(F)c(c2)-c2ccn(n2)C(c2cccc(CCC(=O)O)c2)CCO1. The van der Waals surface area contributed by atoms with E-state index in [4.69, 9.17) is 14.6 Å². The van der Waals surface area contributed by atoms with E-state index in [9.17, 15) is 9.90 Å². The minimum Gasteiger partial charge on any atom is -0.481 e. The number of thioether (sulfide) groups is 1. The predicted molar refractivity (Wildman–Crippen MR) is 172 cm³/mol. The van der Waals surface area contributed by atoms with E-state index in [-0.39, 0.29) is 23.8 Å². The number of aliphatic carboxylic acids is 1. The standard InChI is InChI=1S/C35H35F2N3O4S/c1-35(2)21-45-17-13-26-25-10-14-38-31(25)20-29(37)34(26)44-24-7-8-28(36)27(19-24)30-11-15-40(39-30)32(12-16-43-35)23-5-3-4-22(18-23)6-9-33(41)42/h3-5,7-8,10-11,14-15,18-20,32,38H,6,9,12-13,16-17,21H2,1-2H3,(H,41,42). The number of hydrogen-bond donors (Lipinski definition) is 2. The maximum atomic E-state index is 15.5. The van der Waals surface area contributed by atoms with Gasteiger partial charge in [0.1, 0.15) is 11.6 Å². The fourth-order valence-electron chi connectivity index (χ4n) is 5.76. The minimum absolute atomic E-state index is 0.0388. The van der Waals surface area contributed by atoms with Crippen LogP contribution < -0.4 is 4.74 Å². The first kappa shape index (κ1) is 30.9. The average molecular weight is 632 g/mol. The van der Waals surface area contributed by atoms with Gasteiger partial charge in [-0.1, -0.05) is 24.3 Å². The van der Waals surface area contributed by atoms with Crippen molar-refractivity contribution in [1.29, 1.82) is 0 Å². The van der Waals surface area contributed by atoms with Gasteiger partial charge in [-0.2, -0.15) is 16.9 Å². The van der Waals surface area contributed by atoms with Crippen molar-refractivity contribution >= 4 is 28.6 Å². The minimum atomic E-state index is -0.848. The van der Waals surface area contributed by atoms with Gasteiger partial charge in [-0.05, 0) is 80.3 Å². The van der Waals surface area contributed by atoms with E-state index in [0.29, 0.717) is 42.8 Å². The van der Waals surface area contributed by atoms with Gasteiger partial charge in [0.25, 0.3) is 0 Å². The molecular formula is C35H35F2N3O4S. The maximum absolute atomic E-state index is 15.5. The first-order valence-electron chi connectivity index (χ1n) is 15.0. The van der Waals surface area contributed by atoms with Gasteiger partial charge in [-0.15, -0.1) is 0 Å². The summed E-state index contributed by atoms with van der Waals surface area (Å²) in [6.45, 7) is 4.56. The number of H-pyrrole nitrogens is 1. The Morgan fingerprint density at radius 1 is 1.13 bits per heavy atom. The number of carboxylic acid groups (broad SMARTS) is 1. The van der Waals surface area contributed by atoms with Crippen molar-refractivity contribution in [2.45, 2.75) is 51.2 Å². The lowest BCUT2D eigenvalue weighted by molar-refractivity contribution is -0.136. The Labute approximate surface area is 264 Å². The van der Waals surface area contributed by atoms with Gasteiger partial charge < -0.3 is 19.6 Å². The molecule has 1 aliphatic rings. The summed E-state index contributed by atoms with van der Waals surface area (Å²) in [4.78, 5) is 14.3. The molecule has 0 amide bonds. The highest BCUT2D eigenvalue weighted by atomic mass is 32.2. The zero-order chi connectivity index (χ0) is 31.6. The monoisotopic (exact) mass is 631 g/mol. The zero-order valence-corrected chi connectivity index (χ0v) is 26.0. The summed E-state index contributed by atoms with van der Waals surface area (Å²) in [6.07, 6.45) is 5.22. The molecule has 0 aliphatic carbocycles. The van der Waals surface area contributed by atoms with E-state index in [0.717, 1.165) is 33.6 Å². The molecule has 0 radical (unpaired) electrons. The van der Waals surface area contributed by atoms with Gasteiger partial charge in [0, 0.05) is 59.3 Å². The van der Waals surface area contributed by atoms with Gasteiger partial charge in [0.15, 0.2) is 11.6 Å². The number of aryl methyl sites for hydroxylation is 2. The fraction of sp³-hybridized carbons (Fsp3) is 0.314. The highest BCUT2D eigenvalue weighted by Gasteiger charge is 2.24. The van der Waals surface area contributed by atoms with Gasteiger partial charge in [-0.25, -0.2) is 8.78 Å². The average Bonchev–Trinajstić information content (AvgIpc) is 3.68. The third kappa shape index (κ3) is 7.07. The second-order valence-corrected chi connectivity index (χ2v) is 13.0. The Morgan fingerprint density at radius 2 is 2.00 bits per heavy atom. The van der Waals surface area contributed by atoms with E-state index in [2.05, 4.69) is 18.8 Å². The molecule has 1 atom stereocenters. The molecular weight excluding hydrogens is 596 g/mol. The highest BCUT2D eigenvalue weighted by Crippen LogP contribution is 2.37. The molecule has 0 saturated heterocycles. The van der Waals surface area contributed by atoms with Crippen LogP contribution in [0.25, 0.3) is 22.2 Å². The highest BCUT2D eigenvalue weighted by molar-refractivity contribution is 7.99. The van der Waals surface area contributed by atoms with Gasteiger partial charge in [-0.3, -0.25) is 9.48 Å². The summed E-state index contributed by atoms with van der Waals surface area (Å²) in [6, 6.07) is 17.0. The molecule has 5 aromatic rings. The Bertz CT molecular complexity index is 1830. The second kappa shape index (κ2) is 13.1. The van der Waals surface area contributed by atoms with Crippen molar-refractivity contribution in [2.24, 2.45) is 0 Å². The Hall–Kier alpha value is -4.15. The number of benzene rings is 3. The van der Waals surface area contributed by atoms with Crippen LogP contribution in [-0.2, 0) is 22.4 Å². The van der Waals surface area contributed by atoms with Crippen LogP contribution in [0.15, 0.2) is 73.1 Å². The van der Waals surface area contributed by atoms with Crippen molar-refractivity contribution < 1.29 is 28.2 Å². The number of aromatic nitrogens is 3. The van der Waals surface area contributed by atoms with Crippen molar-refractivity contribution in [3.8, 4) is 22.8 Å². The van der Waals surface area contributed by atoms with E-state index in [1.165, 1.54) is 18.2 Å². The van der Waals surface area contributed by atoms with Crippen LogP contribution in [0.5, 0.6) is 11.5 Å². The van der Waals surface area contributed by atoms with Gasteiger partial charge in [0.05, 0.1) is 17.3 Å². The van der Waals surface area contributed by atoms with E-state index < -0.39 is 23.2 Å². The van der Waals surface area contributed by atoms with E-state index in [1.54, 1.807) is 34.8 Å². The molecule has 4 bridgehead atoms. The summed E-state index contributed by atoms with van der Waals surface area (Å²) >= 11 is 1.73. The number of nitrogens with one attached hydrogen (secondary N) is 1. The lowest BCUT2D eigenvalue weighted by Crippen LogP contribution is -2.29. The third-order valence-electron chi connectivity index (χ3n) is 8.02. The third-order valence-corrected chi connectivity index (χ3v) is 9.41. The lowest BCUT2D eigenvalue weighted by Gasteiger charge is -2.27. The molecule has 0 fully saturated rings. The normalized spacial score (nSPS) is 17.2. The zero-order valence-electron chi connectivity index (χ0n) is 25.2. The Morgan fingerprint density at radius 3 is 2.84 bits per heavy atom. The first-order valence-corrected chi connectivity index (χ1v) is 16.2. The molecule has 7 nitrogen and oxygen atoms in total. The molecule has 6 rings (SSSR count). The molecule has 2 N–H and O–H groups in total. The number of carbonyl (C=O) groups is 1. The van der Waals surface area contributed by atoms with Crippen molar-refractivity contribution in [1.82, 2.24) is 14.8 Å². The van der Waals surface area contributed by atoms with Crippen LogP contribution in [0.3, 0.4) is 0 Å². The van der Waals surface area contributed by atoms with E-state index >= 15 is 8.78 Å². The van der Waals surface area contributed by atoms with Crippen LogP contribution in [0.4, 0.5) is 8.78 Å². The molecule has 1 unspecified atom stereocenters. The lowest BCUT2D eigenvalue weighted by atomic mass is 9.99. The number of fused-ring (bicyclic) bond motifs is 8. The number of hydrogen-bond acceptors (Lipinski definition) is 5. The summed E-state index contributed by atoms with van der Waals surface area (Å²) in [5.74, 6) is 0.0782. The second-order valence-electron chi connectivity index (χ2n) is 11.9. The Kier molecular flexibility index (Phi) is 8.96. The number of rotatable bonds is 4. The van der Waals surface area contributed by atoms with Crippen LogP contribution >= 0.6 is 11.8 Å². The molecule has 3 heterocycles. The topological polar surface area (TPSA) is 89.4 Å². The molecule has 0 saturated carbocycles. The smallest absolute Gasteiger partial charge is 0.303 e. The van der Waals surface area contributed by atoms with Gasteiger partial charge >= 0.3 is 5.97 Å². The first-order chi connectivity index (χ1) is 21.7. The van der Waals surface area contributed by atoms with Gasteiger partial charge in [0.2, 0.25) is 0 Å². The molecule has 234 valence electrons. The molecule has 3 aromatic carbocycles. The number of aromatic amines is 1. The number of nitrogens with zero attached hydrogens (tertiary/aromatic N) is 2. The number of halogens is 2. The summed E-state index contributed by atoms with van der Waals surface area (Å²) in [5.41, 5.74) is 3.53. The van der Waals surface area contributed by atoms with Crippen LogP contribution in [0, 0.1) is 11.6 Å². The molecule has 45 heavy (non-hydrogen) atoms. The summed E-state index contributed by atoms with van der Waals surface area (Å²) < 4.78 is 45.1. The fourth-order valence-corrected chi connectivity index (χ4v) is 6.83. The molecule has 1 aliphatic heterocycles. The van der Waals surface area contributed by atoms with Crippen molar-refractivity contribution in [2.75, 3.05) is 18.1 Å².